The van der Waals surface area contributed by atoms with Gasteiger partial charge in [-0.15, -0.1) is 0 Å². The molecule has 5 heteroatoms. The van der Waals surface area contributed by atoms with Crippen molar-refractivity contribution in [3.63, 3.8) is 0 Å². The molecule has 1 atom stereocenters. The smallest absolute Gasteiger partial charge is 0.231 e. The van der Waals surface area contributed by atoms with E-state index in [0.29, 0.717) is 48.9 Å². The lowest BCUT2D eigenvalue weighted by molar-refractivity contribution is -0.126. The Hall–Kier alpha value is -1.88. The maximum atomic E-state index is 12.4. The number of rotatable bonds is 4. The molecule has 1 saturated heterocycles. The minimum atomic E-state index is 0.0532. The summed E-state index contributed by atoms with van der Waals surface area (Å²) in [6.07, 6.45) is 1.39. The average molecular weight is 289 g/mol. The van der Waals surface area contributed by atoms with Crippen LogP contribution in [0.1, 0.15) is 30.1 Å². The van der Waals surface area contributed by atoms with Gasteiger partial charge in [0.05, 0.1) is 6.54 Å². The zero-order chi connectivity index (χ0) is 14.8. The summed E-state index contributed by atoms with van der Waals surface area (Å²) in [5.41, 5.74) is 0.629. The van der Waals surface area contributed by atoms with E-state index in [4.69, 9.17) is 9.47 Å². The highest BCUT2D eigenvalue weighted by atomic mass is 16.7. The van der Waals surface area contributed by atoms with Crippen LogP contribution in [0.15, 0.2) is 18.2 Å². The molecule has 0 spiro atoms. The summed E-state index contributed by atoms with van der Waals surface area (Å²) in [5.74, 6) is 1.76. The number of likely N-dealkylation sites (tertiary alicyclic amines) is 1. The average Bonchev–Trinajstić information content (AvgIpc) is 2.96. The van der Waals surface area contributed by atoms with Crippen LogP contribution in [-0.2, 0) is 4.79 Å². The number of carbonyl (C=O) groups excluding carboxylic acids is 2. The van der Waals surface area contributed by atoms with Crippen LogP contribution in [-0.4, -0.2) is 42.9 Å². The number of fused-ring (bicyclic) bond motifs is 1. The minimum Gasteiger partial charge on any atom is -0.454 e. The third kappa shape index (κ3) is 2.93. The number of nitrogens with zero attached hydrogens (tertiary/aromatic N) is 1. The SMILES string of the molecule is CCC1CN(CC(=O)c2ccc3c(c2)OCO3)CCC1=O. The standard InChI is InChI=1S/C16H19NO4/c1-2-11-8-17(6-5-13(11)18)9-14(19)12-3-4-15-16(7-12)21-10-20-15/h3-4,7,11H,2,5-6,8-10H2,1H3. The topological polar surface area (TPSA) is 55.8 Å². The fourth-order valence-corrected chi connectivity index (χ4v) is 2.84. The van der Waals surface area contributed by atoms with Crippen LogP contribution in [0.4, 0.5) is 0 Å². The van der Waals surface area contributed by atoms with Gasteiger partial charge in [-0.25, -0.2) is 0 Å². The molecule has 2 aliphatic rings. The molecule has 1 aromatic rings. The Morgan fingerprint density at radius 2 is 2.14 bits per heavy atom. The third-order valence-electron chi connectivity index (χ3n) is 4.16. The first-order chi connectivity index (χ1) is 10.2. The van der Waals surface area contributed by atoms with E-state index in [9.17, 15) is 9.59 Å². The van der Waals surface area contributed by atoms with Crippen LogP contribution >= 0.6 is 0 Å². The van der Waals surface area contributed by atoms with Crippen molar-refractivity contribution in [2.45, 2.75) is 19.8 Å². The number of piperidine rings is 1. The van der Waals surface area contributed by atoms with E-state index in [1.54, 1.807) is 18.2 Å². The van der Waals surface area contributed by atoms with E-state index in [-0.39, 0.29) is 18.5 Å². The van der Waals surface area contributed by atoms with Gasteiger partial charge >= 0.3 is 0 Å². The largest absolute Gasteiger partial charge is 0.454 e. The zero-order valence-corrected chi connectivity index (χ0v) is 12.1. The van der Waals surface area contributed by atoms with Crippen molar-refractivity contribution < 1.29 is 19.1 Å². The van der Waals surface area contributed by atoms with Crippen LogP contribution in [0.3, 0.4) is 0 Å². The molecule has 0 N–H and O–H groups in total. The van der Waals surface area contributed by atoms with Crippen molar-refractivity contribution in [1.29, 1.82) is 0 Å². The van der Waals surface area contributed by atoms with Gasteiger partial charge in [0.25, 0.3) is 0 Å². The highest BCUT2D eigenvalue weighted by Gasteiger charge is 2.27. The van der Waals surface area contributed by atoms with Gasteiger partial charge in [0.2, 0.25) is 6.79 Å². The van der Waals surface area contributed by atoms with Gasteiger partial charge in [-0.2, -0.15) is 0 Å². The summed E-state index contributed by atoms with van der Waals surface area (Å²) in [6, 6.07) is 5.27. The molecule has 0 aromatic heterocycles. The normalized spacial score (nSPS) is 21.6. The first kappa shape index (κ1) is 14.1. The maximum absolute atomic E-state index is 12.4. The van der Waals surface area contributed by atoms with Crippen molar-refractivity contribution in [1.82, 2.24) is 4.90 Å². The molecule has 112 valence electrons. The molecule has 2 aliphatic heterocycles. The molecule has 0 saturated carbocycles. The Kier molecular flexibility index (Phi) is 3.92. The summed E-state index contributed by atoms with van der Waals surface area (Å²) < 4.78 is 10.5. The van der Waals surface area contributed by atoms with E-state index in [1.807, 2.05) is 6.92 Å². The summed E-state index contributed by atoms with van der Waals surface area (Å²) in [7, 11) is 0. The van der Waals surface area contributed by atoms with Crippen LogP contribution in [0.5, 0.6) is 11.5 Å². The Balaban J connectivity index is 1.65. The van der Waals surface area contributed by atoms with Crippen molar-refractivity contribution in [3.8, 4) is 11.5 Å². The molecule has 0 radical (unpaired) electrons. The number of ether oxygens (including phenoxy) is 2. The van der Waals surface area contributed by atoms with E-state index < -0.39 is 0 Å². The molecule has 0 bridgehead atoms. The van der Waals surface area contributed by atoms with Crippen LogP contribution in [0.25, 0.3) is 0 Å². The van der Waals surface area contributed by atoms with Gasteiger partial charge in [0, 0.05) is 31.0 Å². The fourth-order valence-electron chi connectivity index (χ4n) is 2.84. The third-order valence-corrected chi connectivity index (χ3v) is 4.16. The Morgan fingerprint density at radius 1 is 1.33 bits per heavy atom. The lowest BCUT2D eigenvalue weighted by atomic mass is 9.94. The molecule has 5 nitrogen and oxygen atoms in total. The van der Waals surface area contributed by atoms with E-state index in [0.717, 1.165) is 6.42 Å². The molecule has 1 unspecified atom stereocenters. The molecule has 2 heterocycles. The van der Waals surface area contributed by atoms with Crippen molar-refractivity contribution in [2.75, 3.05) is 26.4 Å². The first-order valence-electron chi connectivity index (χ1n) is 7.35. The number of hydrogen-bond acceptors (Lipinski definition) is 5. The molecule has 1 fully saturated rings. The van der Waals surface area contributed by atoms with Gasteiger partial charge in [0.1, 0.15) is 5.78 Å². The summed E-state index contributed by atoms with van der Waals surface area (Å²) >= 11 is 0. The van der Waals surface area contributed by atoms with Crippen molar-refractivity contribution in [2.24, 2.45) is 5.92 Å². The number of ketones is 2. The first-order valence-corrected chi connectivity index (χ1v) is 7.35. The van der Waals surface area contributed by atoms with E-state index >= 15 is 0 Å². The lowest BCUT2D eigenvalue weighted by Crippen LogP contribution is -2.42. The Labute approximate surface area is 123 Å². The van der Waals surface area contributed by atoms with E-state index in [2.05, 4.69) is 4.90 Å². The molecule has 21 heavy (non-hydrogen) atoms. The summed E-state index contributed by atoms with van der Waals surface area (Å²) in [4.78, 5) is 26.2. The monoisotopic (exact) mass is 289 g/mol. The fraction of sp³-hybridized carbons (Fsp3) is 0.500. The molecule has 3 rings (SSSR count). The van der Waals surface area contributed by atoms with Crippen LogP contribution < -0.4 is 9.47 Å². The maximum Gasteiger partial charge on any atom is 0.231 e. The second-order valence-corrected chi connectivity index (χ2v) is 5.55. The number of Topliss-reactive ketones (excluding diaryl/α,β-unsaturated/α-hetero) is 2. The highest BCUT2D eigenvalue weighted by Crippen LogP contribution is 2.32. The number of carbonyl (C=O) groups is 2. The van der Waals surface area contributed by atoms with Gasteiger partial charge < -0.3 is 9.47 Å². The second kappa shape index (κ2) is 5.85. The quantitative estimate of drug-likeness (QED) is 0.792. The predicted molar refractivity (Wildman–Crippen MR) is 76.7 cm³/mol. The zero-order valence-electron chi connectivity index (χ0n) is 12.1. The van der Waals surface area contributed by atoms with Gasteiger partial charge in [-0.05, 0) is 24.6 Å². The van der Waals surface area contributed by atoms with Crippen LogP contribution in [0.2, 0.25) is 0 Å². The van der Waals surface area contributed by atoms with E-state index in [1.165, 1.54) is 0 Å². The molecule has 0 amide bonds. The summed E-state index contributed by atoms with van der Waals surface area (Å²) in [6.45, 7) is 3.94. The summed E-state index contributed by atoms with van der Waals surface area (Å²) in [5, 5.41) is 0. The van der Waals surface area contributed by atoms with Gasteiger partial charge in [0.15, 0.2) is 17.3 Å². The second-order valence-electron chi connectivity index (χ2n) is 5.55. The molecule has 0 aliphatic carbocycles. The highest BCUT2D eigenvalue weighted by molar-refractivity contribution is 5.98. The van der Waals surface area contributed by atoms with Crippen molar-refractivity contribution >= 4 is 11.6 Å². The molecule has 1 aromatic carbocycles. The van der Waals surface area contributed by atoms with Crippen molar-refractivity contribution in [3.05, 3.63) is 23.8 Å². The molecular weight excluding hydrogens is 270 g/mol. The number of hydrogen-bond donors (Lipinski definition) is 0. The predicted octanol–water partition coefficient (Wildman–Crippen LogP) is 1.90. The van der Waals surface area contributed by atoms with Gasteiger partial charge in [-0.3, -0.25) is 14.5 Å². The van der Waals surface area contributed by atoms with Crippen LogP contribution in [0, 0.1) is 5.92 Å². The Morgan fingerprint density at radius 3 is 2.95 bits per heavy atom. The molecular formula is C16H19NO4. The number of benzene rings is 1. The Bertz CT molecular complexity index is 569. The minimum absolute atomic E-state index is 0.0532. The van der Waals surface area contributed by atoms with Gasteiger partial charge in [-0.1, -0.05) is 6.92 Å². The lowest BCUT2D eigenvalue weighted by Gasteiger charge is -2.30.